The van der Waals surface area contributed by atoms with Crippen molar-refractivity contribution in [3.8, 4) is 5.69 Å². The number of thiophene rings is 1. The molecule has 1 saturated heterocycles. The lowest BCUT2D eigenvalue weighted by molar-refractivity contribution is -0.149. The third-order valence-electron chi connectivity index (χ3n) is 4.60. The molecule has 6 nitrogen and oxygen atoms in total. The quantitative estimate of drug-likeness (QED) is 0.636. The van der Waals surface area contributed by atoms with Crippen molar-refractivity contribution < 1.29 is 14.3 Å². The van der Waals surface area contributed by atoms with E-state index >= 15 is 0 Å². The second-order valence-electron chi connectivity index (χ2n) is 6.36. The molecule has 0 radical (unpaired) electrons. The van der Waals surface area contributed by atoms with E-state index in [-0.39, 0.29) is 18.5 Å². The van der Waals surface area contributed by atoms with Crippen LogP contribution in [0.5, 0.6) is 0 Å². The second kappa shape index (κ2) is 7.75. The summed E-state index contributed by atoms with van der Waals surface area (Å²) in [7, 11) is 0. The van der Waals surface area contributed by atoms with Gasteiger partial charge in [-0.05, 0) is 48.1 Å². The zero-order valence-corrected chi connectivity index (χ0v) is 15.5. The highest BCUT2D eigenvalue weighted by Gasteiger charge is 2.35. The Hall–Kier alpha value is -2.93. The summed E-state index contributed by atoms with van der Waals surface area (Å²) in [6.45, 7) is 0.783. The van der Waals surface area contributed by atoms with Crippen LogP contribution >= 0.6 is 11.3 Å². The molecule has 138 valence electrons. The van der Waals surface area contributed by atoms with Crippen LogP contribution in [0.4, 0.5) is 0 Å². The van der Waals surface area contributed by atoms with Crippen molar-refractivity contribution in [1.29, 1.82) is 0 Å². The zero-order chi connectivity index (χ0) is 18.6. The van der Waals surface area contributed by atoms with Crippen LogP contribution in [-0.2, 0) is 16.1 Å². The highest BCUT2D eigenvalue weighted by Crippen LogP contribution is 2.23. The molecular formula is C20H19N3O3S. The summed E-state index contributed by atoms with van der Waals surface area (Å²) in [5.74, 6) is -0.429. The van der Waals surface area contributed by atoms with E-state index in [9.17, 15) is 9.59 Å². The molecule has 1 aliphatic rings. The number of esters is 1. The topological polar surface area (TPSA) is 64.4 Å². The van der Waals surface area contributed by atoms with E-state index in [0.717, 1.165) is 17.7 Å². The van der Waals surface area contributed by atoms with Gasteiger partial charge in [-0.25, -0.2) is 9.48 Å². The molecule has 0 bridgehead atoms. The van der Waals surface area contributed by atoms with Gasteiger partial charge in [0.25, 0.3) is 5.91 Å². The van der Waals surface area contributed by atoms with E-state index in [4.69, 9.17) is 4.74 Å². The predicted octanol–water partition coefficient (Wildman–Crippen LogP) is 3.28. The van der Waals surface area contributed by atoms with Crippen LogP contribution in [0.3, 0.4) is 0 Å². The molecule has 1 atom stereocenters. The number of nitrogens with zero attached hydrogens (tertiary/aromatic N) is 3. The molecule has 0 aliphatic carbocycles. The number of carbonyl (C=O) groups is 2. The van der Waals surface area contributed by atoms with E-state index in [2.05, 4.69) is 5.10 Å². The molecule has 0 N–H and O–H groups in total. The van der Waals surface area contributed by atoms with Gasteiger partial charge in [-0.2, -0.15) is 5.10 Å². The zero-order valence-electron chi connectivity index (χ0n) is 14.7. The van der Waals surface area contributed by atoms with Gasteiger partial charge in [-0.1, -0.05) is 18.2 Å². The SMILES string of the molecule is O=C(OCc1ccc(-n2cccn2)cc1)C1CCCN1C(=O)c1cccs1. The van der Waals surface area contributed by atoms with Gasteiger partial charge in [0.05, 0.1) is 10.6 Å². The normalized spacial score (nSPS) is 16.4. The third kappa shape index (κ3) is 3.78. The number of amides is 1. The lowest BCUT2D eigenvalue weighted by Gasteiger charge is -2.22. The molecule has 4 rings (SSSR count). The number of rotatable bonds is 5. The van der Waals surface area contributed by atoms with Crippen LogP contribution in [-0.4, -0.2) is 39.1 Å². The Morgan fingerprint density at radius 1 is 1.19 bits per heavy atom. The van der Waals surface area contributed by atoms with Gasteiger partial charge >= 0.3 is 5.97 Å². The standard InChI is InChI=1S/C20H19N3O3S/c24-19(18-5-2-13-27-18)22-11-1-4-17(22)20(25)26-14-15-6-8-16(9-7-15)23-12-3-10-21-23/h2-3,5-10,12-13,17H,1,4,11,14H2. The van der Waals surface area contributed by atoms with E-state index < -0.39 is 6.04 Å². The summed E-state index contributed by atoms with van der Waals surface area (Å²) in [5.41, 5.74) is 1.84. The molecule has 27 heavy (non-hydrogen) atoms. The lowest BCUT2D eigenvalue weighted by Crippen LogP contribution is -2.41. The van der Waals surface area contributed by atoms with Crippen molar-refractivity contribution in [2.75, 3.05) is 6.54 Å². The Morgan fingerprint density at radius 2 is 2.04 bits per heavy atom. The Balaban J connectivity index is 1.36. The Bertz CT molecular complexity index is 905. The van der Waals surface area contributed by atoms with Gasteiger partial charge in [0.15, 0.2) is 0 Å². The molecule has 3 aromatic rings. The summed E-state index contributed by atoms with van der Waals surface area (Å²) in [5, 5.41) is 6.05. The molecule has 1 aromatic carbocycles. The minimum Gasteiger partial charge on any atom is -0.459 e. The van der Waals surface area contributed by atoms with Gasteiger partial charge in [0.1, 0.15) is 12.6 Å². The van der Waals surface area contributed by atoms with E-state index in [1.807, 2.05) is 48.0 Å². The summed E-state index contributed by atoms with van der Waals surface area (Å²) < 4.78 is 7.25. The first-order valence-electron chi connectivity index (χ1n) is 8.82. The van der Waals surface area contributed by atoms with Gasteiger partial charge < -0.3 is 9.64 Å². The maximum absolute atomic E-state index is 12.6. The molecule has 0 spiro atoms. The first kappa shape index (κ1) is 17.5. The minimum absolute atomic E-state index is 0.0898. The third-order valence-corrected chi connectivity index (χ3v) is 5.46. The maximum Gasteiger partial charge on any atom is 0.329 e. The lowest BCUT2D eigenvalue weighted by atomic mass is 10.2. The molecule has 1 aliphatic heterocycles. The molecular weight excluding hydrogens is 362 g/mol. The van der Waals surface area contributed by atoms with Crippen LogP contribution < -0.4 is 0 Å². The number of benzene rings is 1. The summed E-state index contributed by atoms with van der Waals surface area (Å²) in [6.07, 6.45) is 5.05. The molecule has 0 saturated carbocycles. The van der Waals surface area contributed by atoms with Crippen molar-refractivity contribution in [3.05, 3.63) is 70.7 Å². The van der Waals surface area contributed by atoms with Gasteiger partial charge in [0, 0.05) is 18.9 Å². The van der Waals surface area contributed by atoms with Crippen LogP contribution in [0.2, 0.25) is 0 Å². The second-order valence-corrected chi connectivity index (χ2v) is 7.31. The summed E-state index contributed by atoms with van der Waals surface area (Å²) >= 11 is 1.39. The highest BCUT2D eigenvalue weighted by atomic mass is 32.1. The predicted molar refractivity (Wildman–Crippen MR) is 102 cm³/mol. The maximum atomic E-state index is 12.6. The number of ether oxygens (including phenoxy) is 1. The largest absolute Gasteiger partial charge is 0.459 e. The van der Waals surface area contributed by atoms with Crippen molar-refractivity contribution in [2.24, 2.45) is 0 Å². The van der Waals surface area contributed by atoms with Crippen LogP contribution in [0, 0.1) is 0 Å². The van der Waals surface area contributed by atoms with Gasteiger partial charge in [-0.15, -0.1) is 11.3 Å². The summed E-state index contributed by atoms with van der Waals surface area (Å²) in [6, 6.07) is 12.7. The monoisotopic (exact) mass is 381 g/mol. The smallest absolute Gasteiger partial charge is 0.329 e. The van der Waals surface area contributed by atoms with Crippen LogP contribution in [0.15, 0.2) is 60.2 Å². The highest BCUT2D eigenvalue weighted by molar-refractivity contribution is 7.12. The number of hydrogen-bond donors (Lipinski definition) is 0. The Labute approximate surface area is 161 Å². The fraction of sp³-hybridized carbons (Fsp3) is 0.250. The number of carbonyl (C=O) groups excluding carboxylic acids is 2. The van der Waals surface area contributed by atoms with E-state index in [1.165, 1.54) is 11.3 Å². The molecule has 2 aromatic heterocycles. The Morgan fingerprint density at radius 3 is 2.74 bits per heavy atom. The fourth-order valence-electron chi connectivity index (χ4n) is 3.21. The average molecular weight is 381 g/mol. The molecule has 7 heteroatoms. The van der Waals surface area contributed by atoms with Gasteiger partial charge in [-0.3, -0.25) is 4.79 Å². The number of hydrogen-bond acceptors (Lipinski definition) is 5. The van der Waals surface area contributed by atoms with E-state index in [0.29, 0.717) is 17.8 Å². The van der Waals surface area contributed by atoms with Crippen molar-refractivity contribution in [2.45, 2.75) is 25.5 Å². The van der Waals surface area contributed by atoms with Crippen LogP contribution in [0.25, 0.3) is 5.69 Å². The minimum atomic E-state index is -0.497. The average Bonchev–Trinajstić information content (AvgIpc) is 3.47. The summed E-state index contributed by atoms with van der Waals surface area (Å²) in [4.78, 5) is 27.4. The first-order valence-corrected chi connectivity index (χ1v) is 9.70. The van der Waals surface area contributed by atoms with Gasteiger partial charge in [0.2, 0.25) is 0 Å². The van der Waals surface area contributed by atoms with Crippen molar-refractivity contribution >= 4 is 23.2 Å². The van der Waals surface area contributed by atoms with Crippen LogP contribution in [0.1, 0.15) is 28.1 Å². The first-order chi connectivity index (χ1) is 13.2. The molecule has 1 fully saturated rings. The van der Waals surface area contributed by atoms with E-state index in [1.54, 1.807) is 21.8 Å². The fourth-order valence-corrected chi connectivity index (χ4v) is 3.89. The number of likely N-dealkylation sites (tertiary alicyclic amines) is 1. The Kier molecular flexibility index (Phi) is 5.02. The molecule has 3 heterocycles. The van der Waals surface area contributed by atoms with Crippen molar-refractivity contribution in [1.82, 2.24) is 14.7 Å². The number of aromatic nitrogens is 2. The van der Waals surface area contributed by atoms with Crippen molar-refractivity contribution in [3.63, 3.8) is 0 Å². The molecule has 1 amide bonds. The molecule has 1 unspecified atom stereocenters.